The van der Waals surface area contributed by atoms with Gasteiger partial charge in [-0.2, -0.15) is 0 Å². The molecule has 3 heterocycles. The summed E-state index contributed by atoms with van der Waals surface area (Å²) < 4.78 is 40.5. The summed E-state index contributed by atoms with van der Waals surface area (Å²) >= 11 is 1.53. The molecular formula is C23H27FN4O3S2. The summed E-state index contributed by atoms with van der Waals surface area (Å²) in [4.78, 5) is 10.3. The lowest BCUT2D eigenvalue weighted by Gasteiger charge is -2.28. The number of nitrogens with one attached hydrogen (secondary N) is 2. The standard InChI is InChI=1S/C23H27FN4O3S2/c1-14(16-8-10-31-11-9-16)26-23-27-15(2)21(32-23)17-12-20(22(30-3)25-13-17)33(29)28-19-7-5-4-6-18(19)24/h4-7,12-14,16,28H,8-11H2,1-3H3,(H,26,27). The minimum absolute atomic E-state index is 0.144. The molecule has 3 aromatic rings. The molecule has 0 bridgehead atoms. The second-order valence-corrected chi connectivity index (χ2v) is 10.1. The summed E-state index contributed by atoms with van der Waals surface area (Å²) in [7, 11) is -0.311. The molecule has 1 fully saturated rings. The van der Waals surface area contributed by atoms with E-state index in [9.17, 15) is 8.60 Å². The van der Waals surface area contributed by atoms with E-state index in [2.05, 4.69) is 21.9 Å². The molecule has 0 aliphatic carbocycles. The number of anilines is 2. The molecule has 0 amide bonds. The largest absolute Gasteiger partial charge is 0.480 e. The maximum Gasteiger partial charge on any atom is 0.231 e. The lowest BCUT2D eigenvalue weighted by Crippen LogP contribution is -2.30. The lowest BCUT2D eigenvalue weighted by molar-refractivity contribution is 0.0622. The molecule has 0 radical (unpaired) electrons. The van der Waals surface area contributed by atoms with Crippen LogP contribution in [0.3, 0.4) is 0 Å². The van der Waals surface area contributed by atoms with E-state index < -0.39 is 16.8 Å². The van der Waals surface area contributed by atoms with Crippen LogP contribution in [0.2, 0.25) is 0 Å². The van der Waals surface area contributed by atoms with Gasteiger partial charge in [0.2, 0.25) is 5.88 Å². The number of benzene rings is 1. The number of para-hydroxylation sites is 1. The predicted molar refractivity (Wildman–Crippen MR) is 130 cm³/mol. The molecule has 0 spiro atoms. The highest BCUT2D eigenvalue weighted by Crippen LogP contribution is 2.36. The number of thiazole rings is 1. The predicted octanol–water partition coefficient (Wildman–Crippen LogP) is 5.02. The third-order valence-corrected chi connectivity index (χ3v) is 7.91. The van der Waals surface area contributed by atoms with Crippen LogP contribution < -0.4 is 14.8 Å². The number of hydrogen-bond donors (Lipinski definition) is 2. The molecule has 33 heavy (non-hydrogen) atoms. The van der Waals surface area contributed by atoms with Gasteiger partial charge in [-0.25, -0.2) is 18.6 Å². The number of hydrogen-bond acceptors (Lipinski definition) is 7. The fourth-order valence-corrected chi connectivity index (χ4v) is 5.84. The molecule has 2 unspecified atom stereocenters. The zero-order chi connectivity index (χ0) is 23.4. The van der Waals surface area contributed by atoms with Crippen molar-refractivity contribution in [3.8, 4) is 16.3 Å². The Morgan fingerprint density at radius 3 is 2.79 bits per heavy atom. The fourth-order valence-electron chi connectivity index (χ4n) is 3.80. The van der Waals surface area contributed by atoms with E-state index in [0.717, 1.165) is 47.3 Å². The molecule has 1 saturated heterocycles. The van der Waals surface area contributed by atoms with Crippen molar-refractivity contribution < 1.29 is 18.1 Å². The zero-order valence-corrected chi connectivity index (χ0v) is 20.4. The van der Waals surface area contributed by atoms with E-state index >= 15 is 0 Å². The van der Waals surface area contributed by atoms with Crippen LogP contribution in [0, 0.1) is 18.7 Å². The highest BCUT2D eigenvalue weighted by atomic mass is 32.2. The molecule has 4 rings (SSSR count). The molecule has 2 atom stereocenters. The van der Waals surface area contributed by atoms with Gasteiger partial charge in [-0.3, -0.25) is 4.72 Å². The second-order valence-electron chi connectivity index (χ2n) is 7.90. The molecule has 1 aliphatic rings. The topological polar surface area (TPSA) is 85.4 Å². The van der Waals surface area contributed by atoms with Crippen LogP contribution in [0.15, 0.2) is 41.4 Å². The Morgan fingerprint density at radius 1 is 1.30 bits per heavy atom. The van der Waals surface area contributed by atoms with E-state index in [-0.39, 0.29) is 17.6 Å². The summed E-state index contributed by atoms with van der Waals surface area (Å²) in [6, 6.07) is 8.12. The Balaban J connectivity index is 1.57. The van der Waals surface area contributed by atoms with Crippen molar-refractivity contribution in [3.63, 3.8) is 0 Å². The average molecular weight is 491 g/mol. The molecule has 2 N–H and O–H groups in total. The van der Waals surface area contributed by atoms with E-state index in [1.807, 2.05) is 6.92 Å². The highest BCUT2D eigenvalue weighted by Gasteiger charge is 2.22. The van der Waals surface area contributed by atoms with Crippen LogP contribution in [0.1, 0.15) is 25.5 Å². The number of rotatable bonds is 8. The Kier molecular flexibility index (Phi) is 7.56. The molecule has 1 aromatic carbocycles. The highest BCUT2D eigenvalue weighted by molar-refractivity contribution is 7.86. The first-order valence-corrected chi connectivity index (χ1v) is 12.7. The minimum atomic E-state index is -1.77. The first-order valence-electron chi connectivity index (χ1n) is 10.8. The van der Waals surface area contributed by atoms with Crippen LogP contribution in [-0.2, 0) is 15.7 Å². The molecule has 1 aliphatic heterocycles. The summed E-state index contributed by atoms with van der Waals surface area (Å²) in [5.41, 5.74) is 1.77. The Hall–Kier alpha value is -2.56. The van der Waals surface area contributed by atoms with Crippen molar-refractivity contribution in [1.29, 1.82) is 0 Å². The lowest BCUT2D eigenvalue weighted by atomic mass is 9.93. The number of halogens is 1. The SMILES string of the molecule is COc1ncc(-c2sc(NC(C)C3CCOCC3)nc2C)cc1S(=O)Nc1ccccc1F. The third-order valence-electron chi connectivity index (χ3n) is 5.67. The van der Waals surface area contributed by atoms with E-state index in [1.54, 1.807) is 24.4 Å². The van der Waals surface area contributed by atoms with Crippen LogP contribution in [0.4, 0.5) is 15.2 Å². The summed E-state index contributed by atoms with van der Waals surface area (Å²) in [6.45, 7) is 5.72. The number of ether oxygens (including phenoxy) is 2. The number of nitrogens with zero attached hydrogens (tertiary/aromatic N) is 2. The van der Waals surface area contributed by atoms with Crippen LogP contribution >= 0.6 is 11.3 Å². The first-order chi connectivity index (χ1) is 16.0. The zero-order valence-electron chi connectivity index (χ0n) is 18.8. The van der Waals surface area contributed by atoms with Gasteiger partial charge in [0.25, 0.3) is 0 Å². The van der Waals surface area contributed by atoms with Gasteiger partial charge in [-0.05, 0) is 50.8 Å². The molecular weight excluding hydrogens is 463 g/mol. The monoisotopic (exact) mass is 490 g/mol. The van der Waals surface area contributed by atoms with Crippen molar-refractivity contribution in [1.82, 2.24) is 9.97 Å². The first kappa shape index (κ1) is 23.6. The third kappa shape index (κ3) is 5.51. The van der Waals surface area contributed by atoms with Crippen LogP contribution in [0.5, 0.6) is 5.88 Å². The minimum Gasteiger partial charge on any atom is -0.480 e. The van der Waals surface area contributed by atoms with E-state index in [0.29, 0.717) is 10.8 Å². The van der Waals surface area contributed by atoms with Crippen molar-refractivity contribution in [2.24, 2.45) is 5.92 Å². The molecule has 7 nitrogen and oxygen atoms in total. The summed E-state index contributed by atoms with van der Waals surface area (Å²) in [5, 5.41) is 4.37. The van der Waals surface area contributed by atoms with Crippen LogP contribution in [-0.4, -0.2) is 40.5 Å². The number of aromatic nitrogens is 2. The van der Waals surface area contributed by atoms with Gasteiger partial charge in [-0.1, -0.05) is 23.5 Å². The van der Waals surface area contributed by atoms with E-state index in [1.165, 1.54) is 30.6 Å². The van der Waals surface area contributed by atoms with Gasteiger partial charge >= 0.3 is 0 Å². The van der Waals surface area contributed by atoms with Gasteiger partial charge in [0.05, 0.1) is 23.4 Å². The van der Waals surface area contributed by atoms with Gasteiger partial charge in [-0.15, -0.1) is 0 Å². The fraction of sp³-hybridized carbons (Fsp3) is 0.391. The molecule has 176 valence electrons. The molecule has 0 saturated carbocycles. The van der Waals surface area contributed by atoms with Crippen molar-refractivity contribution in [2.45, 2.75) is 37.6 Å². The van der Waals surface area contributed by atoms with Gasteiger partial charge in [0, 0.05) is 31.0 Å². The smallest absolute Gasteiger partial charge is 0.231 e. The summed E-state index contributed by atoms with van der Waals surface area (Å²) in [5.74, 6) is 0.281. The van der Waals surface area contributed by atoms with Crippen molar-refractivity contribution in [3.05, 3.63) is 48.0 Å². The van der Waals surface area contributed by atoms with Crippen molar-refractivity contribution >= 4 is 33.1 Å². The quantitative estimate of drug-likeness (QED) is 0.461. The summed E-state index contributed by atoms with van der Waals surface area (Å²) in [6.07, 6.45) is 3.75. The van der Waals surface area contributed by atoms with Gasteiger partial charge in [0.1, 0.15) is 10.7 Å². The average Bonchev–Trinajstić information content (AvgIpc) is 3.20. The maximum atomic E-state index is 14.0. The number of methoxy groups -OCH3 is 1. The molecule has 2 aromatic heterocycles. The Bertz CT molecular complexity index is 1130. The maximum absolute atomic E-state index is 14.0. The second kappa shape index (κ2) is 10.6. The van der Waals surface area contributed by atoms with Gasteiger partial charge < -0.3 is 14.8 Å². The number of pyridine rings is 1. The van der Waals surface area contributed by atoms with Crippen molar-refractivity contribution in [2.75, 3.05) is 30.4 Å². The normalized spacial score (nSPS) is 16.2. The Morgan fingerprint density at radius 2 is 2.06 bits per heavy atom. The van der Waals surface area contributed by atoms with E-state index in [4.69, 9.17) is 14.5 Å². The number of aryl methyl sites for hydroxylation is 1. The Labute approximate surface area is 199 Å². The van der Waals surface area contributed by atoms with Crippen LogP contribution in [0.25, 0.3) is 10.4 Å². The van der Waals surface area contributed by atoms with Gasteiger partial charge in [0.15, 0.2) is 16.1 Å². The molecule has 10 heteroatoms.